The first-order valence-electron chi connectivity index (χ1n) is 4.62. The second-order valence-corrected chi connectivity index (χ2v) is 4.23. The number of hydrogen-bond acceptors (Lipinski definition) is 1. The molecule has 0 unspecified atom stereocenters. The largest absolute Gasteiger partial charge is 0.361 e. The third-order valence-electron chi connectivity index (χ3n) is 1.92. The van der Waals surface area contributed by atoms with Crippen LogP contribution in [0, 0.1) is 0 Å². The van der Waals surface area contributed by atoms with Crippen molar-refractivity contribution >= 4 is 29.2 Å². The lowest BCUT2D eigenvalue weighted by Gasteiger charge is -2.15. The van der Waals surface area contributed by atoms with Crippen molar-refractivity contribution in [1.82, 2.24) is 4.90 Å². The van der Waals surface area contributed by atoms with E-state index in [1.807, 2.05) is 11.9 Å². The van der Waals surface area contributed by atoms with Crippen molar-refractivity contribution in [3.05, 3.63) is 0 Å². The van der Waals surface area contributed by atoms with Gasteiger partial charge in [0, 0.05) is 13.6 Å². The standard InChI is InChI=1S/C9H19NS2/c1-3-4-5-6-7-8-10(2)9(11)12/h3-8H2,1-2H3,(H,11,12). The normalized spacial score (nSPS) is 9.92. The summed E-state index contributed by atoms with van der Waals surface area (Å²) in [6.45, 7) is 3.28. The average molecular weight is 205 g/mol. The van der Waals surface area contributed by atoms with Gasteiger partial charge in [0.1, 0.15) is 4.32 Å². The van der Waals surface area contributed by atoms with Crippen molar-refractivity contribution in [2.45, 2.75) is 39.0 Å². The Balaban J connectivity index is 3.14. The molecular formula is C9H19NS2. The van der Waals surface area contributed by atoms with Gasteiger partial charge < -0.3 is 4.90 Å². The molecule has 72 valence electrons. The average Bonchev–Trinajstić information content (AvgIpc) is 2.03. The first kappa shape index (κ1) is 12.2. The van der Waals surface area contributed by atoms with E-state index in [0.29, 0.717) is 4.32 Å². The highest BCUT2D eigenvalue weighted by Gasteiger charge is 1.97. The van der Waals surface area contributed by atoms with Crippen LogP contribution in [0.2, 0.25) is 0 Å². The van der Waals surface area contributed by atoms with Crippen molar-refractivity contribution in [2.24, 2.45) is 0 Å². The van der Waals surface area contributed by atoms with Gasteiger partial charge in [-0.25, -0.2) is 0 Å². The number of nitrogens with zero attached hydrogens (tertiary/aromatic N) is 1. The molecular weight excluding hydrogens is 186 g/mol. The molecule has 1 nitrogen and oxygen atoms in total. The number of thiol groups is 1. The van der Waals surface area contributed by atoms with Crippen LogP contribution in [0.3, 0.4) is 0 Å². The minimum absolute atomic E-state index is 0.700. The molecule has 0 atom stereocenters. The first-order valence-corrected chi connectivity index (χ1v) is 5.48. The fraction of sp³-hybridized carbons (Fsp3) is 0.889. The monoisotopic (exact) mass is 205 g/mol. The summed E-state index contributed by atoms with van der Waals surface area (Å²) < 4.78 is 0.700. The summed E-state index contributed by atoms with van der Waals surface area (Å²) in [6, 6.07) is 0. The van der Waals surface area contributed by atoms with E-state index in [1.165, 1.54) is 32.1 Å². The molecule has 0 aliphatic heterocycles. The quantitative estimate of drug-likeness (QED) is 0.403. The Morgan fingerprint density at radius 1 is 1.25 bits per heavy atom. The van der Waals surface area contributed by atoms with Gasteiger partial charge in [0.25, 0.3) is 0 Å². The molecule has 0 aromatic heterocycles. The molecule has 0 aliphatic carbocycles. The zero-order valence-corrected chi connectivity index (χ0v) is 9.76. The summed E-state index contributed by atoms with van der Waals surface area (Å²) in [5, 5.41) is 0. The third-order valence-corrected chi connectivity index (χ3v) is 2.58. The molecule has 0 aromatic carbocycles. The summed E-state index contributed by atoms with van der Waals surface area (Å²) in [7, 11) is 2.00. The fourth-order valence-corrected chi connectivity index (χ4v) is 1.24. The van der Waals surface area contributed by atoms with Crippen LogP contribution in [0.5, 0.6) is 0 Å². The molecule has 12 heavy (non-hydrogen) atoms. The van der Waals surface area contributed by atoms with Crippen LogP contribution in [0.1, 0.15) is 39.0 Å². The van der Waals surface area contributed by atoms with E-state index in [0.717, 1.165) is 6.54 Å². The fourth-order valence-electron chi connectivity index (χ4n) is 1.05. The predicted molar refractivity (Wildman–Crippen MR) is 63.0 cm³/mol. The van der Waals surface area contributed by atoms with E-state index in [-0.39, 0.29) is 0 Å². The van der Waals surface area contributed by atoms with Crippen molar-refractivity contribution in [2.75, 3.05) is 13.6 Å². The Kier molecular flexibility index (Phi) is 8.02. The molecule has 0 aliphatic rings. The van der Waals surface area contributed by atoms with Gasteiger partial charge in [-0.2, -0.15) is 0 Å². The van der Waals surface area contributed by atoms with Gasteiger partial charge in [-0.1, -0.05) is 44.8 Å². The zero-order valence-electron chi connectivity index (χ0n) is 8.05. The summed E-state index contributed by atoms with van der Waals surface area (Å²) in [5.74, 6) is 0. The number of thiocarbonyl (C=S) groups is 1. The Labute approximate surface area is 86.9 Å². The molecule has 0 spiro atoms. The van der Waals surface area contributed by atoms with Crippen LogP contribution in [-0.2, 0) is 0 Å². The summed E-state index contributed by atoms with van der Waals surface area (Å²) in [4.78, 5) is 2.02. The third kappa shape index (κ3) is 6.92. The van der Waals surface area contributed by atoms with Gasteiger partial charge >= 0.3 is 0 Å². The maximum absolute atomic E-state index is 4.91. The number of unbranched alkanes of at least 4 members (excludes halogenated alkanes) is 4. The van der Waals surface area contributed by atoms with Crippen LogP contribution < -0.4 is 0 Å². The van der Waals surface area contributed by atoms with E-state index in [1.54, 1.807) is 0 Å². The minimum Gasteiger partial charge on any atom is -0.361 e. The number of rotatable bonds is 6. The molecule has 0 saturated heterocycles. The van der Waals surface area contributed by atoms with Gasteiger partial charge in [0.05, 0.1) is 0 Å². The minimum atomic E-state index is 0.700. The highest BCUT2D eigenvalue weighted by atomic mass is 32.1. The molecule has 0 bridgehead atoms. The Morgan fingerprint density at radius 3 is 2.33 bits per heavy atom. The Bertz CT molecular complexity index is 126. The van der Waals surface area contributed by atoms with Gasteiger partial charge in [-0.3, -0.25) is 0 Å². The van der Waals surface area contributed by atoms with Crippen LogP contribution in [0.15, 0.2) is 0 Å². The van der Waals surface area contributed by atoms with Gasteiger partial charge in [-0.05, 0) is 6.42 Å². The molecule has 0 N–H and O–H groups in total. The smallest absolute Gasteiger partial charge is 0.133 e. The number of hydrogen-bond donors (Lipinski definition) is 1. The molecule has 3 heteroatoms. The van der Waals surface area contributed by atoms with Crippen molar-refractivity contribution in [1.29, 1.82) is 0 Å². The maximum atomic E-state index is 4.91. The van der Waals surface area contributed by atoms with Crippen molar-refractivity contribution < 1.29 is 0 Å². The van der Waals surface area contributed by atoms with E-state index >= 15 is 0 Å². The molecule has 0 amide bonds. The van der Waals surface area contributed by atoms with Gasteiger partial charge in [0.15, 0.2) is 0 Å². The first-order chi connectivity index (χ1) is 5.68. The zero-order chi connectivity index (χ0) is 9.40. The van der Waals surface area contributed by atoms with Crippen molar-refractivity contribution in [3.63, 3.8) is 0 Å². The lowest BCUT2D eigenvalue weighted by molar-refractivity contribution is 0.481. The van der Waals surface area contributed by atoms with E-state index < -0.39 is 0 Å². The van der Waals surface area contributed by atoms with Crippen LogP contribution in [0.4, 0.5) is 0 Å². The van der Waals surface area contributed by atoms with Crippen LogP contribution >= 0.6 is 24.8 Å². The SMILES string of the molecule is CCCCCCCN(C)C(=S)S. The summed E-state index contributed by atoms with van der Waals surface area (Å²) in [6.07, 6.45) is 6.56. The lowest BCUT2D eigenvalue weighted by atomic mass is 10.1. The van der Waals surface area contributed by atoms with E-state index in [9.17, 15) is 0 Å². The Morgan fingerprint density at radius 2 is 1.83 bits per heavy atom. The second kappa shape index (κ2) is 7.87. The second-order valence-electron chi connectivity index (χ2n) is 3.12. The van der Waals surface area contributed by atoms with Gasteiger partial charge in [-0.15, -0.1) is 12.6 Å². The highest BCUT2D eigenvalue weighted by Crippen LogP contribution is 2.04. The molecule has 0 rings (SSSR count). The maximum Gasteiger partial charge on any atom is 0.133 e. The predicted octanol–water partition coefficient (Wildman–Crippen LogP) is 3.10. The topological polar surface area (TPSA) is 3.24 Å². The molecule has 0 fully saturated rings. The van der Waals surface area contributed by atoms with Crippen LogP contribution in [-0.4, -0.2) is 22.8 Å². The van der Waals surface area contributed by atoms with Crippen molar-refractivity contribution in [3.8, 4) is 0 Å². The molecule has 0 heterocycles. The summed E-state index contributed by atoms with van der Waals surface area (Å²) in [5.41, 5.74) is 0. The van der Waals surface area contributed by atoms with E-state index in [2.05, 4.69) is 19.6 Å². The van der Waals surface area contributed by atoms with Gasteiger partial charge in [0.2, 0.25) is 0 Å². The molecule has 0 aromatic rings. The highest BCUT2D eigenvalue weighted by molar-refractivity contribution is 8.10. The lowest BCUT2D eigenvalue weighted by Crippen LogP contribution is -2.21. The van der Waals surface area contributed by atoms with E-state index in [4.69, 9.17) is 12.2 Å². The Hall–Kier alpha value is 0.240. The van der Waals surface area contributed by atoms with Crippen LogP contribution in [0.25, 0.3) is 0 Å². The molecule has 0 saturated carbocycles. The summed E-state index contributed by atoms with van der Waals surface area (Å²) >= 11 is 9.00. The molecule has 0 radical (unpaired) electrons.